The Kier molecular flexibility index (Phi) is 2.79. The van der Waals surface area contributed by atoms with E-state index in [1.165, 1.54) is 71.1 Å². The second-order valence-corrected chi connectivity index (χ2v) is 9.80. The zero-order valence-corrected chi connectivity index (χ0v) is 18.1. The molecule has 0 saturated heterocycles. The van der Waals surface area contributed by atoms with Crippen molar-refractivity contribution in [2.75, 3.05) is 0 Å². The van der Waals surface area contributed by atoms with Gasteiger partial charge in [0.05, 0.1) is 16.6 Å². The van der Waals surface area contributed by atoms with Crippen LogP contribution in [0.15, 0.2) is 91.0 Å². The van der Waals surface area contributed by atoms with Crippen LogP contribution in [-0.4, -0.2) is 4.40 Å². The number of benzene rings is 5. The standard InChI is InChI=1S/C31H21N/c1-31(2)25-13-6-5-10-20(25)23-17-28-24(16-26(23)31)21-11-7-12-22-29-19-9-4-3-8-18(19)14-15-27(29)32(28)30(21)22/h3-17H,1-2H3. The van der Waals surface area contributed by atoms with Crippen LogP contribution in [0, 0.1) is 0 Å². The van der Waals surface area contributed by atoms with E-state index in [1.54, 1.807) is 0 Å². The second-order valence-electron chi connectivity index (χ2n) is 9.80. The Balaban J connectivity index is 1.63. The third kappa shape index (κ3) is 1.75. The zero-order valence-electron chi connectivity index (χ0n) is 18.1. The third-order valence-corrected chi connectivity index (χ3v) is 7.91. The molecule has 7 aromatic rings. The van der Waals surface area contributed by atoms with E-state index < -0.39 is 0 Å². The SMILES string of the molecule is CC1(C)c2ccccc2-c2cc3c(cc21)c1cccc2c4c5ccccc5ccc4n3c12. The van der Waals surface area contributed by atoms with Gasteiger partial charge < -0.3 is 4.40 Å². The Bertz CT molecular complexity index is 1900. The Labute approximate surface area is 185 Å². The molecule has 8 rings (SSSR count). The van der Waals surface area contributed by atoms with Crippen molar-refractivity contribution < 1.29 is 0 Å². The average molecular weight is 408 g/mol. The highest BCUT2D eigenvalue weighted by atomic mass is 14.9. The van der Waals surface area contributed by atoms with Crippen LogP contribution in [-0.2, 0) is 5.41 Å². The summed E-state index contributed by atoms with van der Waals surface area (Å²) in [7, 11) is 0. The average Bonchev–Trinajstić information content (AvgIpc) is 3.42. The van der Waals surface area contributed by atoms with Crippen molar-refractivity contribution in [2.24, 2.45) is 0 Å². The van der Waals surface area contributed by atoms with Crippen LogP contribution in [0.5, 0.6) is 0 Å². The van der Waals surface area contributed by atoms with Gasteiger partial charge in [0, 0.05) is 27.0 Å². The second kappa shape index (κ2) is 5.31. The van der Waals surface area contributed by atoms with Crippen molar-refractivity contribution in [3.8, 4) is 11.1 Å². The molecule has 0 N–H and O–H groups in total. The van der Waals surface area contributed by atoms with Gasteiger partial charge >= 0.3 is 0 Å². The van der Waals surface area contributed by atoms with E-state index in [2.05, 4.69) is 109 Å². The summed E-state index contributed by atoms with van der Waals surface area (Å²) in [6, 6.07) is 34.0. The lowest BCUT2D eigenvalue weighted by Gasteiger charge is -2.21. The van der Waals surface area contributed by atoms with Gasteiger partial charge in [-0.2, -0.15) is 0 Å². The minimum atomic E-state index is 0.0182. The van der Waals surface area contributed by atoms with Crippen molar-refractivity contribution in [2.45, 2.75) is 19.3 Å². The van der Waals surface area contributed by atoms with E-state index in [-0.39, 0.29) is 5.41 Å². The quantitative estimate of drug-likeness (QED) is 0.238. The van der Waals surface area contributed by atoms with E-state index in [0.717, 1.165) is 0 Å². The topological polar surface area (TPSA) is 4.41 Å². The summed E-state index contributed by atoms with van der Waals surface area (Å²) >= 11 is 0. The first-order valence-electron chi connectivity index (χ1n) is 11.4. The molecule has 1 aliphatic rings. The van der Waals surface area contributed by atoms with Gasteiger partial charge in [-0.25, -0.2) is 0 Å². The van der Waals surface area contributed by atoms with Gasteiger partial charge in [0.2, 0.25) is 0 Å². The third-order valence-electron chi connectivity index (χ3n) is 7.91. The Morgan fingerprint density at radius 1 is 0.562 bits per heavy atom. The van der Waals surface area contributed by atoms with Crippen LogP contribution in [0.2, 0.25) is 0 Å². The summed E-state index contributed by atoms with van der Waals surface area (Å²) in [5, 5.41) is 8.07. The van der Waals surface area contributed by atoms with Crippen molar-refractivity contribution in [1.82, 2.24) is 4.40 Å². The molecule has 150 valence electrons. The van der Waals surface area contributed by atoms with Crippen LogP contribution in [0.1, 0.15) is 25.0 Å². The molecule has 0 spiro atoms. The molecule has 32 heavy (non-hydrogen) atoms. The predicted molar refractivity (Wildman–Crippen MR) is 136 cm³/mol. The fraction of sp³-hybridized carbons (Fsp3) is 0.0968. The summed E-state index contributed by atoms with van der Waals surface area (Å²) in [6.07, 6.45) is 0. The highest BCUT2D eigenvalue weighted by Crippen LogP contribution is 2.51. The van der Waals surface area contributed by atoms with E-state index in [0.29, 0.717) is 0 Å². The van der Waals surface area contributed by atoms with Crippen LogP contribution < -0.4 is 0 Å². The van der Waals surface area contributed by atoms with Gasteiger partial charge in [0.15, 0.2) is 0 Å². The summed E-state index contributed by atoms with van der Waals surface area (Å²) in [4.78, 5) is 0. The fourth-order valence-electron chi connectivity index (χ4n) is 6.44. The van der Waals surface area contributed by atoms with Gasteiger partial charge in [-0.3, -0.25) is 0 Å². The van der Waals surface area contributed by atoms with Crippen molar-refractivity contribution in [3.05, 3.63) is 102 Å². The highest BCUT2D eigenvalue weighted by Gasteiger charge is 2.36. The predicted octanol–water partition coefficient (Wildman–Crippen LogP) is 8.30. The Hall–Kier alpha value is -3.84. The van der Waals surface area contributed by atoms with Crippen molar-refractivity contribution >= 4 is 48.9 Å². The number of fused-ring (bicyclic) bond motifs is 11. The van der Waals surface area contributed by atoms with Gasteiger partial charge in [0.1, 0.15) is 0 Å². The molecule has 1 heteroatoms. The molecule has 0 saturated carbocycles. The van der Waals surface area contributed by atoms with Crippen molar-refractivity contribution in [1.29, 1.82) is 0 Å². The normalized spacial score (nSPS) is 14.8. The van der Waals surface area contributed by atoms with Crippen LogP contribution in [0.4, 0.5) is 0 Å². The molecule has 0 radical (unpaired) electrons. The first kappa shape index (κ1) is 16.8. The number of hydrogen-bond acceptors (Lipinski definition) is 0. The highest BCUT2D eigenvalue weighted by molar-refractivity contribution is 6.28. The monoisotopic (exact) mass is 407 g/mol. The van der Waals surface area contributed by atoms with Crippen LogP contribution >= 0.6 is 0 Å². The smallest absolute Gasteiger partial charge is 0.0620 e. The fourth-order valence-corrected chi connectivity index (χ4v) is 6.44. The molecule has 0 unspecified atom stereocenters. The van der Waals surface area contributed by atoms with Crippen LogP contribution in [0.25, 0.3) is 60.0 Å². The summed E-state index contributed by atoms with van der Waals surface area (Å²) < 4.78 is 2.51. The molecule has 5 aromatic carbocycles. The largest absolute Gasteiger partial charge is 0.308 e. The van der Waals surface area contributed by atoms with Gasteiger partial charge in [-0.1, -0.05) is 86.6 Å². The molecule has 2 heterocycles. The first-order valence-corrected chi connectivity index (χ1v) is 11.4. The van der Waals surface area contributed by atoms with E-state index in [9.17, 15) is 0 Å². The number of nitrogens with zero attached hydrogens (tertiary/aromatic N) is 1. The minimum absolute atomic E-state index is 0.0182. The van der Waals surface area contributed by atoms with Gasteiger partial charge in [0.25, 0.3) is 0 Å². The molecule has 0 fully saturated rings. The van der Waals surface area contributed by atoms with E-state index in [1.807, 2.05) is 0 Å². The number of aromatic nitrogens is 1. The number of hydrogen-bond donors (Lipinski definition) is 0. The van der Waals surface area contributed by atoms with E-state index in [4.69, 9.17) is 0 Å². The maximum Gasteiger partial charge on any atom is 0.0620 e. The maximum atomic E-state index is 2.51. The maximum absolute atomic E-state index is 2.51. The van der Waals surface area contributed by atoms with Gasteiger partial charge in [-0.05, 0) is 51.2 Å². The molecule has 0 bridgehead atoms. The molecule has 0 aliphatic heterocycles. The Morgan fingerprint density at radius 2 is 1.34 bits per heavy atom. The molecule has 0 atom stereocenters. The summed E-state index contributed by atoms with van der Waals surface area (Å²) in [5.74, 6) is 0. The number of rotatable bonds is 0. The lowest BCUT2D eigenvalue weighted by atomic mass is 9.82. The van der Waals surface area contributed by atoms with Crippen LogP contribution in [0.3, 0.4) is 0 Å². The summed E-state index contributed by atoms with van der Waals surface area (Å²) in [6.45, 7) is 4.73. The molecule has 1 nitrogen and oxygen atoms in total. The molecule has 1 aliphatic carbocycles. The molecule has 0 amide bonds. The van der Waals surface area contributed by atoms with E-state index >= 15 is 0 Å². The lowest BCUT2D eigenvalue weighted by Crippen LogP contribution is -2.14. The molecular weight excluding hydrogens is 386 g/mol. The zero-order chi connectivity index (χ0) is 21.2. The molecule has 2 aromatic heterocycles. The lowest BCUT2D eigenvalue weighted by molar-refractivity contribution is 0.661. The van der Waals surface area contributed by atoms with Crippen molar-refractivity contribution in [3.63, 3.8) is 0 Å². The number of para-hydroxylation sites is 1. The Morgan fingerprint density at radius 3 is 2.28 bits per heavy atom. The molecular formula is C31H21N. The van der Waals surface area contributed by atoms with Gasteiger partial charge in [-0.15, -0.1) is 0 Å². The minimum Gasteiger partial charge on any atom is -0.308 e. The first-order chi connectivity index (χ1) is 15.6. The summed E-state index contributed by atoms with van der Waals surface area (Å²) in [5.41, 5.74) is 9.62.